The molecule has 0 unspecified atom stereocenters. The van der Waals surface area contributed by atoms with Gasteiger partial charge in [0.2, 0.25) is 10.0 Å². The largest absolute Gasteiger partial charge is 0.272 e. The van der Waals surface area contributed by atoms with Gasteiger partial charge in [-0.1, -0.05) is 36.4 Å². The van der Waals surface area contributed by atoms with Crippen LogP contribution in [0.5, 0.6) is 0 Å². The van der Waals surface area contributed by atoms with Crippen LogP contribution in [0.1, 0.15) is 10.4 Å². The highest BCUT2D eigenvalue weighted by Crippen LogP contribution is 2.18. The Morgan fingerprint density at radius 2 is 1.79 bits per heavy atom. The van der Waals surface area contributed by atoms with Crippen LogP contribution >= 0.6 is 11.3 Å². The van der Waals surface area contributed by atoms with Crippen LogP contribution in [0.25, 0.3) is 0 Å². The van der Waals surface area contributed by atoms with Crippen LogP contribution in [0, 0.1) is 5.82 Å². The van der Waals surface area contributed by atoms with Gasteiger partial charge in [-0.05, 0) is 41.3 Å². The monoisotopic (exact) mass is 431 g/mol. The smallest absolute Gasteiger partial charge is 0.255 e. The zero-order valence-corrected chi connectivity index (χ0v) is 16.9. The van der Waals surface area contributed by atoms with Crippen molar-refractivity contribution in [3.63, 3.8) is 0 Å². The summed E-state index contributed by atoms with van der Waals surface area (Å²) in [6.45, 7) is -0.518. The first-order valence-electron chi connectivity index (χ1n) is 8.60. The van der Waals surface area contributed by atoms with E-state index in [1.165, 1.54) is 53.9 Å². The molecule has 0 fully saturated rings. The Morgan fingerprint density at radius 3 is 2.45 bits per heavy atom. The first-order valence-corrected chi connectivity index (χ1v) is 10.9. The molecule has 0 aliphatic carbocycles. The van der Waals surface area contributed by atoms with Crippen LogP contribution in [-0.2, 0) is 21.4 Å². The minimum absolute atomic E-state index is 0.0667. The molecule has 0 bridgehead atoms. The Hall–Kier alpha value is -2.88. The van der Waals surface area contributed by atoms with Gasteiger partial charge in [0, 0.05) is 11.4 Å². The van der Waals surface area contributed by atoms with Gasteiger partial charge in [-0.25, -0.2) is 18.2 Å². The molecule has 0 atom stereocenters. The number of hydrazone groups is 1. The van der Waals surface area contributed by atoms with Crippen molar-refractivity contribution in [1.29, 1.82) is 0 Å². The molecule has 1 N–H and O–H groups in total. The van der Waals surface area contributed by atoms with E-state index in [1.807, 2.05) is 17.5 Å². The molecule has 2 aromatic carbocycles. The van der Waals surface area contributed by atoms with Gasteiger partial charge in [0.15, 0.2) is 0 Å². The van der Waals surface area contributed by atoms with Gasteiger partial charge < -0.3 is 0 Å². The van der Waals surface area contributed by atoms with Crippen LogP contribution in [0.3, 0.4) is 0 Å². The fourth-order valence-corrected chi connectivity index (χ4v) is 4.48. The average molecular weight is 432 g/mol. The second-order valence-electron chi connectivity index (χ2n) is 6.02. The second kappa shape index (κ2) is 9.55. The van der Waals surface area contributed by atoms with Gasteiger partial charge in [-0.2, -0.15) is 9.41 Å². The molecule has 0 spiro atoms. The number of halogens is 1. The molecular weight excluding hydrogens is 413 g/mol. The van der Waals surface area contributed by atoms with E-state index >= 15 is 0 Å². The highest BCUT2D eigenvalue weighted by molar-refractivity contribution is 7.89. The van der Waals surface area contributed by atoms with Crippen molar-refractivity contribution in [2.45, 2.75) is 11.4 Å². The van der Waals surface area contributed by atoms with Crippen molar-refractivity contribution < 1.29 is 17.6 Å². The second-order valence-corrected chi connectivity index (χ2v) is 8.94. The molecule has 0 saturated carbocycles. The number of hydrogen-bond donors (Lipinski definition) is 1. The third-order valence-electron chi connectivity index (χ3n) is 3.90. The zero-order chi connectivity index (χ0) is 20.7. The number of hydrogen-bond acceptors (Lipinski definition) is 5. The Labute approximate surface area is 172 Å². The first kappa shape index (κ1) is 20.8. The first-order chi connectivity index (χ1) is 13.9. The number of nitrogens with zero attached hydrogens (tertiary/aromatic N) is 2. The Balaban J connectivity index is 1.78. The van der Waals surface area contributed by atoms with Crippen molar-refractivity contribution in [2.75, 3.05) is 6.54 Å². The van der Waals surface area contributed by atoms with Gasteiger partial charge in [-0.3, -0.25) is 4.79 Å². The minimum atomic E-state index is -3.94. The van der Waals surface area contributed by atoms with Gasteiger partial charge in [0.1, 0.15) is 5.82 Å². The van der Waals surface area contributed by atoms with Crippen LogP contribution in [0.2, 0.25) is 0 Å². The minimum Gasteiger partial charge on any atom is -0.272 e. The van der Waals surface area contributed by atoms with E-state index in [0.717, 1.165) is 9.18 Å². The van der Waals surface area contributed by atoms with Crippen LogP contribution in [0.15, 0.2) is 82.1 Å². The van der Waals surface area contributed by atoms with E-state index in [0.29, 0.717) is 5.56 Å². The Bertz CT molecular complexity index is 1070. The summed E-state index contributed by atoms with van der Waals surface area (Å²) in [5, 5.41) is 5.73. The molecule has 3 rings (SSSR count). The highest BCUT2D eigenvalue weighted by Gasteiger charge is 2.26. The Kier molecular flexibility index (Phi) is 6.86. The zero-order valence-electron chi connectivity index (χ0n) is 15.2. The molecule has 6 nitrogen and oxygen atoms in total. The molecule has 3 aromatic rings. The summed E-state index contributed by atoms with van der Waals surface area (Å²) < 4.78 is 40.3. The maximum atomic E-state index is 13.2. The van der Waals surface area contributed by atoms with Crippen molar-refractivity contribution >= 4 is 33.5 Å². The maximum Gasteiger partial charge on any atom is 0.255 e. The van der Waals surface area contributed by atoms with Crippen LogP contribution < -0.4 is 5.43 Å². The number of thiophene rings is 1. The molecule has 1 heterocycles. The molecule has 1 aromatic heterocycles. The van der Waals surface area contributed by atoms with Crippen molar-refractivity contribution in [2.24, 2.45) is 5.10 Å². The van der Waals surface area contributed by atoms with E-state index in [2.05, 4.69) is 10.5 Å². The molecule has 29 heavy (non-hydrogen) atoms. The summed E-state index contributed by atoms with van der Waals surface area (Å²) in [6.07, 6.45) is 1.48. The van der Waals surface area contributed by atoms with Crippen LogP contribution in [0.4, 0.5) is 4.39 Å². The van der Waals surface area contributed by atoms with Crippen molar-refractivity contribution in [3.8, 4) is 0 Å². The number of carbonyl (C=O) groups is 1. The molecular formula is C20H18FN3O3S2. The number of nitrogens with one attached hydrogen (secondary N) is 1. The number of carbonyl (C=O) groups excluding carboxylic acids is 1. The summed E-state index contributed by atoms with van der Waals surface area (Å²) in [6, 6.07) is 17.0. The van der Waals surface area contributed by atoms with E-state index in [-0.39, 0.29) is 11.4 Å². The lowest BCUT2D eigenvalue weighted by Crippen LogP contribution is -2.39. The highest BCUT2D eigenvalue weighted by atomic mass is 32.2. The molecule has 0 aliphatic rings. The lowest BCUT2D eigenvalue weighted by atomic mass is 10.2. The predicted octanol–water partition coefficient (Wildman–Crippen LogP) is 3.23. The molecule has 0 saturated heterocycles. The van der Waals surface area contributed by atoms with Crippen molar-refractivity contribution in [3.05, 3.63) is 88.4 Å². The third-order valence-corrected chi connectivity index (χ3v) is 6.51. The van der Waals surface area contributed by atoms with E-state index in [4.69, 9.17) is 0 Å². The molecule has 9 heteroatoms. The maximum absolute atomic E-state index is 13.2. The molecule has 150 valence electrons. The SMILES string of the molecule is O=C(CN(Cc1ccc(F)cc1)S(=O)(=O)c1ccccc1)NN=Cc1cccs1. The number of benzene rings is 2. The number of amides is 1. The Morgan fingerprint density at radius 1 is 1.07 bits per heavy atom. The predicted molar refractivity (Wildman–Crippen MR) is 110 cm³/mol. The third kappa shape index (κ3) is 5.80. The fourth-order valence-electron chi connectivity index (χ4n) is 2.49. The van der Waals surface area contributed by atoms with E-state index in [9.17, 15) is 17.6 Å². The topological polar surface area (TPSA) is 78.8 Å². The summed E-state index contributed by atoms with van der Waals surface area (Å²) in [7, 11) is -3.94. The number of sulfonamides is 1. The van der Waals surface area contributed by atoms with Crippen LogP contribution in [-0.4, -0.2) is 31.4 Å². The normalized spacial score (nSPS) is 11.8. The van der Waals surface area contributed by atoms with Crippen molar-refractivity contribution in [1.82, 2.24) is 9.73 Å². The molecule has 1 amide bonds. The number of rotatable bonds is 8. The standard InChI is InChI=1S/C20H18FN3O3S2/c21-17-10-8-16(9-11-17)14-24(29(26,27)19-6-2-1-3-7-19)15-20(25)23-22-13-18-5-4-12-28-18/h1-13H,14-15H2,(H,23,25). The summed E-state index contributed by atoms with van der Waals surface area (Å²) in [5.41, 5.74) is 2.90. The molecule has 0 aliphatic heterocycles. The molecule has 0 radical (unpaired) electrons. The van der Waals surface area contributed by atoms with Gasteiger partial charge in [-0.15, -0.1) is 11.3 Å². The fraction of sp³-hybridized carbons (Fsp3) is 0.100. The lowest BCUT2D eigenvalue weighted by Gasteiger charge is -2.21. The summed E-state index contributed by atoms with van der Waals surface area (Å²) >= 11 is 1.46. The summed E-state index contributed by atoms with van der Waals surface area (Å²) in [4.78, 5) is 13.2. The van der Waals surface area contributed by atoms with Gasteiger partial charge in [0.05, 0.1) is 17.7 Å². The van der Waals surface area contributed by atoms with E-state index < -0.39 is 28.3 Å². The quantitative estimate of drug-likeness (QED) is 0.439. The van der Waals surface area contributed by atoms with E-state index in [1.54, 1.807) is 18.2 Å². The van der Waals surface area contributed by atoms with Gasteiger partial charge >= 0.3 is 0 Å². The average Bonchev–Trinajstić information content (AvgIpc) is 3.23. The van der Waals surface area contributed by atoms with Gasteiger partial charge in [0.25, 0.3) is 5.91 Å². The summed E-state index contributed by atoms with van der Waals surface area (Å²) in [5.74, 6) is -1.01. The lowest BCUT2D eigenvalue weighted by molar-refractivity contribution is -0.121.